The van der Waals surface area contributed by atoms with Crippen LogP contribution >= 0.6 is 0 Å². The zero-order valence-corrected chi connectivity index (χ0v) is 9.21. The summed E-state index contributed by atoms with van der Waals surface area (Å²) in [5.74, 6) is 0. The molecule has 4 nitrogen and oxygen atoms in total. The minimum atomic E-state index is -0.249. The molecule has 0 aromatic heterocycles. The molecule has 15 heavy (non-hydrogen) atoms. The van der Waals surface area contributed by atoms with E-state index in [2.05, 4.69) is 0 Å². The minimum Gasteiger partial charge on any atom is -0.394 e. The second-order valence-corrected chi connectivity index (χ2v) is 4.77. The van der Waals surface area contributed by atoms with Crippen LogP contribution in [0.3, 0.4) is 0 Å². The SMILES string of the molecule is NCC1(OCCO)CCOC2(CCC2)C1. The molecule has 0 bridgehead atoms. The lowest BCUT2D eigenvalue weighted by molar-refractivity contribution is -0.207. The summed E-state index contributed by atoms with van der Waals surface area (Å²) in [6, 6.07) is 0. The monoisotopic (exact) mass is 215 g/mol. The van der Waals surface area contributed by atoms with Crippen molar-refractivity contribution in [2.45, 2.75) is 43.3 Å². The molecule has 1 aliphatic heterocycles. The highest BCUT2D eigenvalue weighted by Crippen LogP contribution is 2.46. The summed E-state index contributed by atoms with van der Waals surface area (Å²) in [6.07, 6.45) is 5.27. The Labute approximate surface area is 90.7 Å². The highest BCUT2D eigenvalue weighted by atomic mass is 16.5. The molecule has 2 fully saturated rings. The summed E-state index contributed by atoms with van der Waals surface area (Å²) in [7, 11) is 0. The Morgan fingerprint density at radius 1 is 1.33 bits per heavy atom. The Kier molecular flexibility index (Phi) is 3.30. The van der Waals surface area contributed by atoms with Gasteiger partial charge in [-0.25, -0.2) is 0 Å². The molecule has 1 atom stereocenters. The highest BCUT2D eigenvalue weighted by Gasteiger charge is 2.49. The fraction of sp³-hybridized carbons (Fsp3) is 1.00. The first-order valence-corrected chi connectivity index (χ1v) is 5.83. The number of aliphatic hydroxyl groups is 1. The van der Waals surface area contributed by atoms with Gasteiger partial charge in [0.2, 0.25) is 0 Å². The zero-order valence-electron chi connectivity index (χ0n) is 9.21. The van der Waals surface area contributed by atoms with Gasteiger partial charge in [0.15, 0.2) is 0 Å². The quantitative estimate of drug-likeness (QED) is 0.713. The van der Waals surface area contributed by atoms with E-state index in [1.54, 1.807) is 0 Å². The van der Waals surface area contributed by atoms with E-state index in [0.29, 0.717) is 13.2 Å². The van der Waals surface area contributed by atoms with Gasteiger partial charge in [-0.05, 0) is 19.3 Å². The van der Waals surface area contributed by atoms with Crippen molar-refractivity contribution in [1.82, 2.24) is 0 Å². The van der Waals surface area contributed by atoms with Crippen LogP contribution in [0.4, 0.5) is 0 Å². The summed E-state index contributed by atoms with van der Waals surface area (Å²) >= 11 is 0. The summed E-state index contributed by atoms with van der Waals surface area (Å²) in [5, 5.41) is 8.81. The first-order chi connectivity index (χ1) is 7.24. The first-order valence-electron chi connectivity index (χ1n) is 5.83. The van der Waals surface area contributed by atoms with Crippen LogP contribution in [-0.4, -0.2) is 42.7 Å². The molecule has 4 heteroatoms. The van der Waals surface area contributed by atoms with Gasteiger partial charge in [0, 0.05) is 19.4 Å². The Bertz CT molecular complexity index is 218. The van der Waals surface area contributed by atoms with Crippen molar-refractivity contribution in [2.24, 2.45) is 5.73 Å². The van der Waals surface area contributed by atoms with Gasteiger partial charge >= 0.3 is 0 Å². The van der Waals surface area contributed by atoms with Gasteiger partial charge in [-0.15, -0.1) is 0 Å². The van der Waals surface area contributed by atoms with E-state index in [9.17, 15) is 0 Å². The van der Waals surface area contributed by atoms with E-state index in [4.69, 9.17) is 20.3 Å². The largest absolute Gasteiger partial charge is 0.394 e. The van der Waals surface area contributed by atoms with E-state index in [0.717, 1.165) is 32.3 Å². The number of hydrogen-bond donors (Lipinski definition) is 2. The van der Waals surface area contributed by atoms with Crippen molar-refractivity contribution in [3.8, 4) is 0 Å². The van der Waals surface area contributed by atoms with Crippen molar-refractivity contribution in [2.75, 3.05) is 26.4 Å². The van der Waals surface area contributed by atoms with Gasteiger partial charge in [0.05, 0.1) is 31.0 Å². The van der Waals surface area contributed by atoms with E-state index in [-0.39, 0.29) is 17.8 Å². The molecule has 1 heterocycles. The van der Waals surface area contributed by atoms with Gasteiger partial charge in [0.1, 0.15) is 0 Å². The Hall–Kier alpha value is -0.160. The molecular formula is C11H21NO3. The molecule has 0 amide bonds. The fourth-order valence-electron chi connectivity index (χ4n) is 2.69. The van der Waals surface area contributed by atoms with Crippen molar-refractivity contribution >= 4 is 0 Å². The summed E-state index contributed by atoms with van der Waals surface area (Å²) in [5.41, 5.74) is 5.62. The highest BCUT2D eigenvalue weighted by molar-refractivity contribution is 5.01. The minimum absolute atomic E-state index is 0.0487. The second-order valence-electron chi connectivity index (χ2n) is 4.77. The molecule has 1 saturated carbocycles. The maximum Gasteiger partial charge on any atom is 0.0854 e. The number of rotatable bonds is 4. The molecule has 0 aromatic rings. The lowest BCUT2D eigenvalue weighted by Gasteiger charge is -2.51. The molecule has 1 aliphatic carbocycles. The van der Waals surface area contributed by atoms with Crippen molar-refractivity contribution in [3.63, 3.8) is 0 Å². The molecule has 0 aromatic carbocycles. The molecular weight excluding hydrogens is 194 g/mol. The fourth-order valence-corrected chi connectivity index (χ4v) is 2.69. The molecule has 2 aliphatic rings. The predicted molar refractivity (Wildman–Crippen MR) is 56.6 cm³/mol. The molecule has 0 radical (unpaired) electrons. The molecule has 2 rings (SSSR count). The van der Waals surface area contributed by atoms with Gasteiger partial charge in [-0.1, -0.05) is 0 Å². The van der Waals surface area contributed by atoms with E-state index >= 15 is 0 Å². The Morgan fingerprint density at radius 3 is 2.67 bits per heavy atom. The normalized spacial score (nSPS) is 34.0. The molecule has 1 saturated heterocycles. The van der Waals surface area contributed by atoms with E-state index < -0.39 is 0 Å². The van der Waals surface area contributed by atoms with Gasteiger partial charge in [-0.3, -0.25) is 0 Å². The third-order valence-corrected chi connectivity index (χ3v) is 3.75. The van der Waals surface area contributed by atoms with Gasteiger partial charge in [0.25, 0.3) is 0 Å². The van der Waals surface area contributed by atoms with Crippen molar-refractivity contribution in [3.05, 3.63) is 0 Å². The summed E-state index contributed by atoms with van der Waals surface area (Å²) in [4.78, 5) is 0. The van der Waals surface area contributed by atoms with Crippen LogP contribution in [0.25, 0.3) is 0 Å². The van der Waals surface area contributed by atoms with E-state index in [1.807, 2.05) is 0 Å². The van der Waals surface area contributed by atoms with Crippen LogP contribution in [0, 0.1) is 0 Å². The average molecular weight is 215 g/mol. The van der Waals surface area contributed by atoms with Crippen molar-refractivity contribution < 1.29 is 14.6 Å². The van der Waals surface area contributed by atoms with Crippen LogP contribution < -0.4 is 5.73 Å². The second kappa shape index (κ2) is 4.37. The van der Waals surface area contributed by atoms with Crippen LogP contribution in [0.5, 0.6) is 0 Å². The third kappa shape index (κ3) is 2.18. The Morgan fingerprint density at radius 2 is 2.13 bits per heavy atom. The molecule has 3 N–H and O–H groups in total. The van der Waals surface area contributed by atoms with Gasteiger partial charge < -0.3 is 20.3 Å². The average Bonchev–Trinajstić information content (AvgIpc) is 2.25. The third-order valence-electron chi connectivity index (χ3n) is 3.75. The summed E-state index contributed by atoms with van der Waals surface area (Å²) < 4.78 is 11.6. The van der Waals surface area contributed by atoms with Gasteiger partial charge in [-0.2, -0.15) is 0 Å². The lowest BCUT2D eigenvalue weighted by atomic mass is 9.70. The zero-order chi connectivity index (χ0) is 10.8. The van der Waals surface area contributed by atoms with Crippen LogP contribution in [0.1, 0.15) is 32.1 Å². The van der Waals surface area contributed by atoms with Crippen molar-refractivity contribution in [1.29, 1.82) is 0 Å². The van der Waals surface area contributed by atoms with Crippen LogP contribution in [0.15, 0.2) is 0 Å². The number of hydrogen-bond acceptors (Lipinski definition) is 4. The molecule has 1 unspecified atom stereocenters. The maximum absolute atomic E-state index is 8.81. The number of nitrogens with two attached hydrogens (primary N) is 1. The van der Waals surface area contributed by atoms with Crippen LogP contribution in [0.2, 0.25) is 0 Å². The molecule has 88 valence electrons. The number of aliphatic hydroxyl groups excluding tert-OH is 1. The molecule has 1 spiro atoms. The predicted octanol–water partition coefficient (Wildman–Crippen LogP) is 0.426. The smallest absolute Gasteiger partial charge is 0.0854 e. The summed E-state index contributed by atoms with van der Waals surface area (Å²) in [6.45, 7) is 1.71. The lowest BCUT2D eigenvalue weighted by Crippen LogP contribution is -2.57. The topological polar surface area (TPSA) is 64.7 Å². The standard InChI is InChI=1S/C11H21NO3/c12-9-11(15-7-5-13)4-6-14-10(8-11)2-1-3-10/h13H,1-9,12H2. The van der Waals surface area contributed by atoms with E-state index in [1.165, 1.54) is 6.42 Å². The van der Waals surface area contributed by atoms with Crippen LogP contribution in [-0.2, 0) is 9.47 Å². The maximum atomic E-state index is 8.81. The Balaban J connectivity index is 1.97. The number of ether oxygens (including phenoxy) is 2. The first kappa shape index (κ1) is 11.3.